The van der Waals surface area contributed by atoms with E-state index in [9.17, 15) is 18.0 Å². The number of nitrogens with zero attached hydrogens (tertiary/aromatic N) is 1. The van der Waals surface area contributed by atoms with Gasteiger partial charge in [0.2, 0.25) is 15.9 Å². The van der Waals surface area contributed by atoms with Crippen LogP contribution in [0.4, 0.5) is 0 Å². The van der Waals surface area contributed by atoms with Crippen molar-refractivity contribution in [2.24, 2.45) is 0 Å². The van der Waals surface area contributed by atoms with Crippen molar-refractivity contribution in [3.05, 3.63) is 29.8 Å². The summed E-state index contributed by atoms with van der Waals surface area (Å²) in [7, 11) is -2.65. The fraction of sp³-hybridized carbons (Fsp3) is 0.429. The third-order valence-electron chi connectivity index (χ3n) is 3.50. The van der Waals surface area contributed by atoms with Crippen LogP contribution in [0.2, 0.25) is 0 Å². The van der Waals surface area contributed by atoms with E-state index < -0.39 is 27.9 Å². The summed E-state index contributed by atoms with van der Waals surface area (Å²) in [6.45, 7) is 2.18. The largest absolute Gasteiger partial charge is 0.469 e. The minimum atomic E-state index is -3.85. The van der Waals surface area contributed by atoms with Gasteiger partial charge < -0.3 is 10.1 Å². The minimum absolute atomic E-state index is 0.0997. The molecule has 0 unspecified atom stereocenters. The number of carbonyl (C=O) groups excluding carboxylic acids is 2. The summed E-state index contributed by atoms with van der Waals surface area (Å²) < 4.78 is 31.0. The Balaban J connectivity index is 2.35. The maximum atomic E-state index is 12.7. The number of esters is 1. The second-order valence-electron chi connectivity index (χ2n) is 5.02. The second-order valence-corrected chi connectivity index (χ2v) is 6.91. The molecule has 0 saturated carbocycles. The molecule has 120 valence electrons. The monoisotopic (exact) mass is 326 g/mol. The summed E-state index contributed by atoms with van der Waals surface area (Å²) in [5.41, 5.74) is 0.932. The number of methoxy groups -OCH3 is 1. The van der Waals surface area contributed by atoms with E-state index in [1.165, 1.54) is 19.2 Å². The number of nitrogens with one attached hydrogen (secondary N) is 1. The van der Waals surface area contributed by atoms with E-state index in [-0.39, 0.29) is 24.4 Å². The number of aryl methyl sites for hydroxylation is 1. The number of benzene rings is 1. The highest BCUT2D eigenvalue weighted by Gasteiger charge is 2.39. The molecule has 8 heteroatoms. The Morgan fingerprint density at radius 2 is 2.00 bits per heavy atom. The van der Waals surface area contributed by atoms with Gasteiger partial charge in [0.25, 0.3) is 0 Å². The van der Waals surface area contributed by atoms with E-state index in [2.05, 4.69) is 10.1 Å². The van der Waals surface area contributed by atoms with Gasteiger partial charge in [-0.25, -0.2) is 8.42 Å². The van der Waals surface area contributed by atoms with E-state index in [1.54, 1.807) is 12.1 Å². The van der Waals surface area contributed by atoms with Crippen LogP contribution in [-0.4, -0.2) is 50.8 Å². The van der Waals surface area contributed by atoms with Crippen molar-refractivity contribution in [1.82, 2.24) is 9.62 Å². The minimum Gasteiger partial charge on any atom is -0.469 e. The van der Waals surface area contributed by atoms with Crippen molar-refractivity contribution in [3.63, 3.8) is 0 Å². The molecule has 1 fully saturated rings. The van der Waals surface area contributed by atoms with Gasteiger partial charge >= 0.3 is 5.97 Å². The normalized spacial score (nSPS) is 19.5. The molecule has 1 amide bonds. The Hall–Kier alpha value is -1.93. The molecule has 1 aliphatic rings. The highest BCUT2D eigenvalue weighted by molar-refractivity contribution is 7.89. The van der Waals surface area contributed by atoms with Crippen LogP contribution < -0.4 is 5.32 Å². The third kappa shape index (κ3) is 3.28. The fourth-order valence-corrected chi connectivity index (χ4v) is 3.85. The average Bonchev–Trinajstić information content (AvgIpc) is 2.49. The van der Waals surface area contributed by atoms with Crippen LogP contribution in [0.1, 0.15) is 12.0 Å². The molecule has 2 rings (SSSR count). The molecule has 1 aromatic carbocycles. The topological polar surface area (TPSA) is 92.8 Å². The standard InChI is InChI=1S/C14H18N2O5S/c1-10-3-5-11(6-4-10)22(19,20)16-8-7-15-14(18)12(16)9-13(17)21-2/h3-6,12H,7-9H2,1-2H3,(H,15,18)/t12-/m1/s1. The SMILES string of the molecule is COC(=O)C[C@@H]1C(=O)NCCN1S(=O)(=O)c1ccc(C)cc1. The summed E-state index contributed by atoms with van der Waals surface area (Å²) in [5, 5.41) is 2.57. The first kappa shape index (κ1) is 16.4. The number of hydrogen-bond acceptors (Lipinski definition) is 5. The fourth-order valence-electron chi connectivity index (χ4n) is 2.26. The van der Waals surface area contributed by atoms with Crippen LogP contribution in [0.15, 0.2) is 29.2 Å². The van der Waals surface area contributed by atoms with Gasteiger partial charge in [-0.2, -0.15) is 4.31 Å². The van der Waals surface area contributed by atoms with Gasteiger partial charge in [-0.15, -0.1) is 0 Å². The number of hydrogen-bond donors (Lipinski definition) is 1. The predicted molar refractivity (Wildman–Crippen MR) is 78.5 cm³/mol. The Bertz CT molecular complexity index is 669. The molecule has 1 N–H and O–H groups in total. The zero-order valence-electron chi connectivity index (χ0n) is 12.4. The molecule has 1 aliphatic heterocycles. The summed E-state index contributed by atoms with van der Waals surface area (Å²) in [6.07, 6.45) is -0.312. The van der Waals surface area contributed by atoms with Crippen molar-refractivity contribution >= 4 is 21.9 Å². The highest BCUT2D eigenvalue weighted by atomic mass is 32.2. The molecule has 0 radical (unpaired) electrons. The van der Waals surface area contributed by atoms with Gasteiger partial charge in [0.05, 0.1) is 18.4 Å². The molecule has 7 nitrogen and oxygen atoms in total. The van der Waals surface area contributed by atoms with Crippen molar-refractivity contribution in [2.45, 2.75) is 24.3 Å². The Morgan fingerprint density at radius 1 is 1.36 bits per heavy atom. The van der Waals surface area contributed by atoms with Crippen molar-refractivity contribution in [1.29, 1.82) is 0 Å². The number of rotatable bonds is 4. The molecule has 1 saturated heterocycles. The zero-order chi connectivity index (χ0) is 16.3. The smallest absolute Gasteiger partial charge is 0.307 e. The summed E-state index contributed by atoms with van der Waals surface area (Å²) >= 11 is 0. The zero-order valence-corrected chi connectivity index (χ0v) is 13.2. The first-order valence-corrected chi connectivity index (χ1v) is 8.23. The van der Waals surface area contributed by atoms with Crippen LogP contribution in [0, 0.1) is 6.92 Å². The van der Waals surface area contributed by atoms with Crippen LogP contribution >= 0.6 is 0 Å². The maximum Gasteiger partial charge on any atom is 0.307 e. The van der Waals surface area contributed by atoms with Crippen LogP contribution in [0.5, 0.6) is 0 Å². The molecule has 0 bridgehead atoms. The van der Waals surface area contributed by atoms with Gasteiger partial charge in [0.15, 0.2) is 0 Å². The number of ether oxygens (including phenoxy) is 1. The van der Waals surface area contributed by atoms with Crippen LogP contribution in [0.3, 0.4) is 0 Å². The molecule has 1 atom stereocenters. The Labute approximate surface area is 129 Å². The number of piperazine rings is 1. The van der Waals surface area contributed by atoms with Gasteiger partial charge in [-0.1, -0.05) is 17.7 Å². The van der Waals surface area contributed by atoms with E-state index in [1.807, 2.05) is 6.92 Å². The summed E-state index contributed by atoms with van der Waals surface area (Å²) in [4.78, 5) is 23.5. The Kier molecular flexibility index (Phi) is 4.82. The molecular weight excluding hydrogens is 308 g/mol. The lowest BCUT2D eigenvalue weighted by Crippen LogP contribution is -2.57. The number of amides is 1. The first-order chi connectivity index (χ1) is 10.4. The maximum absolute atomic E-state index is 12.7. The lowest BCUT2D eigenvalue weighted by atomic mass is 10.1. The van der Waals surface area contributed by atoms with Crippen LogP contribution in [-0.2, 0) is 24.3 Å². The molecular formula is C14H18N2O5S. The van der Waals surface area contributed by atoms with Crippen molar-refractivity contribution in [2.75, 3.05) is 20.2 Å². The Morgan fingerprint density at radius 3 is 2.59 bits per heavy atom. The molecule has 1 aromatic rings. The lowest BCUT2D eigenvalue weighted by molar-refractivity contribution is -0.144. The van der Waals surface area contributed by atoms with Gasteiger partial charge in [0.1, 0.15) is 6.04 Å². The van der Waals surface area contributed by atoms with Crippen molar-refractivity contribution in [3.8, 4) is 0 Å². The molecule has 1 heterocycles. The third-order valence-corrected chi connectivity index (χ3v) is 5.42. The molecule has 22 heavy (non-hydrogen) atoms. The van der Waals surface area contributed by atoms with E-state index >= 15 is 0 Å². The van der Waals surface area contributed by atoms with Crippen molar-refractivity contribution < 1.29 is 22.7 Å². The first-order valence-electron chi connectivity index (χ1n) is 6.79. The number of sulfonamides is 1. The number of carbonyl (C=O) groups is 2. The lowest BCUT2D eigenvalue weighted by Gasteiger charge is -2.33. The molecule has 0 aliphatic carbocycles. The van der Waals surface area contributed by atoms with Gasteiger partial charge in [0, 0.05) is 13.1 Å². The van der Waals surface area contributed by atoms with Gasteiger partial charge in [-0.3, -0.25) is 9.59 Å². The van der Waals surface area contributed by atoms with E-state index in [0.717, 1.165) is 9.87 Å². The summed E-state index contributed by atoms with van der Waals surface area (Å²) in [5.74, 6) is -1.13. The van der Waals surface area contributed by atoms with Gasteiger partial charge in [-0.05, 0) is 19.1 Å². The molecule has 0 aromatic heterocycles. The molecule has 0 spiro atoms. The van der Waals surface area contributed by atoms with E-state index in [0.29, 0.717) is 0 Å². The highest BCUT2D eigenvalue weighted by Crippen LogP contribution is 2.22. The average molecular weight is 326 g/mol. The predicted octanol–water partition coefficient (Wildman–Crippen LogP) is 0.0472. The summed E-state index contributed by atoms with van der Waals surface area (Å²) in [6, 6.07) is 5.27. The quantitative estimate of drug-likeness (QED) is 0.789. The second kappa shape index (κ2) is 6.45. The van der Waals surface area contributed by atoms with Crippen LogP contribution in [0.25, 0.3) is 0 Å². The van der Waals surface area contributed by atoms with E-state index in [4.69, 9.17) is 0 Å².